The fourth-order valence-corrected chi connectivity index (χ4v) is 2.18. The van der Waals surface area contributed by atoms with E-state index in [0.29, 0.717) is 5.02 Å². The Morgan fingerprint density at radius 2 is 2.12 bits per heavy atom. The molecular weight excluding hydrogens is 222 g/mol. The van der Waals surface area contributed by atoms with Crippen molar-refractivity contribution in [3.8, 4) is 6.07 Å². The molecule has 4 heteroatoms. The van der Waals surface area contributed by atoms with Crippen LogP contribution in [0, 0.1) is 11.3 Å². The Hall–Kier alpha value is -1.08. The summed E-state index contributed by atoms with van der Waals surface area (Å²) < 4.78 is 0. The molecule has 1 heterocycles. The lowest BCUT2D eigenvalue weighted by Gasteiger charge is -2.31. The summed E-state index contributed by atoms with van der Waals surface area (Å²) in [6, 6.07) is 9.73. The lowest BCUT2D eigenvalue weighted by molar-refractivity contribution is 0.207. The van der Waals surface area contributed by atoms with Gasteiger partial charge in [0.05, 0.1) is 6.07 Å². The molecule has 84 valence electrons. The molecule has 0 aromatic heterocycles. The topological polar surface area (TPSA) is 39.1 Å². The Morgan fingerprint density at radius 3 is 2.75 bits per heavy atom. The minimum absolute atomic E-state index is 0.180. The van der Waals surface area contributed by atoms with Gasteiger partial charge in [-0.15, -0.1) is 0 Å². The Balaban J connectivity index is 2.18. The van der Waals surface area contributed by atoms with Crippen molar-refractivity contribution in [2.75, 3.05) is 26.2 Å². The number of hydrogen-bond donors (Lipinski definition) is 1. The number of nitrogens with one attached hydrogen (secondary N) is 1. The first-order valence-electron chi connectivity index (χ1n) is 5.41. The van der Waals surface area contributed by atoms with Gasteiger partial charge in [0.2, 0.25) is 0 Å². The van der Waals surface area contributed by atoms with Crippen LogP contribution in [0.3, 0.4) is 0 Å². The van der Waals surface area contributed by atoms with E-state index in [1.807, 2.05) is 24.3 Å². The van der Waals surface area contributed by atoms with Gasteiger partial charge >= 0.3 is 0 Å². The molecule has 3 nitrogen and oxygen atoms in total. The van der Waals surface area contributed by atoms with E-state index in [9.17, 15) is 5.26 Å². The van der Waals surface area contributed by atoms with Crippen molar-refractivity contribution in [3.63, 3.8) is 0 Å². The van der Waals surface area contributed by atoms with Crippen molar-refractivity contribution in [2.45, 2.75) is 6.04 Å². The van der Waals surface area contributed by atoms with Crippen LogP contribution in [0.25, 0.3) is 0 Å². The summed E-state index contributed by atoms with van der Waals surface area (Å²) in [6.07, 6.45) is 0. The SMILES string of the molecule is N#C[C@@H](c1cccc(Cl)c1)N1CCNCC1. The molecular formula is C12H14ClN3. The van der Waals surface area contributed by atoms with Crippen molar-refractivity contribution in [2.24, 2.45) is 0 Å². The van der Waals surface area contributed by atoms with Crippen LogP contribution in [-0.4, -0.2) is 31.1 Å². The van der Waals surface area contributed by atoms with E-state index in [-0.39, 0.29) is 6.04 Å². The van der Waals surface area contributed by atoms with E-state index in [4.69, 9.17) is 11.6 Å². The molecule has 16 heavy (non-hydrogen) atoms. The van der Waals surface area contributed by atoms with Gasteiger partial charge in [-0.25, -0.2) is 0 Å². The fourth-order valence-electron chi connectivity index (χ4n) is 1.98. The van der Waals surface area contributed by atoms with Gasteiger partial charge in [0.25, 0.3) is 0 Å². The molecule has 1 saturated heterocycles. The van der Waals surface area contributed by atoms with E-state index < -0.39 is 0 Å². The normalized spacial score (nSPS) is 19.0. The fraction of sp³-hybridized carbons (Fsp3) is 0.417. The van der Waals surface area contributed by atoms with E-state index in [1.165, 1.54) is 0 Å². The lowest BCUT2D eigenvalue weighted by atomic mass is 10.1. The van der Waals surface area contributed by atoms with E-state index >= 15 is 0 Å². The highest BCUT2D eigenvalue weighted by atomic mass is 35.5. The van der Waals surface area contributed by atoms with Crippen molar-refractivity contribution >= 4 is 11.6 Å². The highest BCUT2D eigenvalue weighted by Gasteiger charge is 2.21. The predicted octanol–water partition coefficient (Wildman–Crippen LogP) is 1.81. The molecule has 1 aromatic carbocycles. The van der Waals surface area contributed by atoms with Crippen LogP contribution < -0.4 is 5.32 Å². The van der Waals surface area contributed by atoms with Gasteiger partial charge in [-0.1, -0.05) is 23.7 Å². The van der Waals surface area contributed by atoms with Gasteiger partial charge < -0.3 is 5.32 Å². The van der Waals surface area contributed by atoms with Gasteiger partial charge in [0.15, 0.2) is 0 Å². The van der Waals surface area contributed by atoms with Crippen LogP contribution in [0.5, 0.6) is 0 Å². The highest BCUT2D eigenvalue weighted by molar-refractivity contribution is 6.30. The molecule has 0 radical (unpaired) electrons. The Kier molecular flexibility index (Phi) is 3.79. The van der Waals surface area contributed by atoms with E-state index in [1.54, 1.807) is 0 Å². The summed E-state index contributed by atoms with van der Waals surface area (Å²) in [4.78, 5) is 2.18. The van der Waals surface area contributed by atoms with Gasteiger partial charge in [-0.2, -0.15) is 5.26 Å². The minimum Gasteiger partial charge on any atom is -0.314 e. The lowest BCUT2D eigenvalue weighted by Crippen LogP contribution is -2.44. The zero-order valence-corrected chi connectivity index (χ0v) is 9.74. The van der Waals surface area contributed by atoms with Crippen LogP contribution >= 0.6 is 11.6 Å². The molecule has 1 aliphatic heterocycles. The zero-order chi connectivity index (χ0) is 11.4. The summed E-state index contributed by atoms with van der Waals surface area (Å²) in [6.45, 7) is 3.70. The summed E-state index contributed by atoms with van der Waals surface area (Å²) in [5, 5.41) is 13.2. The number of piperazine rings is 1. The zero-order valence-electron chi connectivity index (χ0n) is 8.99. The second-order valence-corrected chi connectivity index (χ2v) is 4.31. The maximum atomic E-state index is 9.27. The monoisotopic (exact) mass is 235 g/mol. The molecule has 0 bridgehead atoms. The molecule has 1 fully saturated rings. The molecule has 2 rings (SSSR count). The van der Waals surface area contributed by atoms with E-state index in [2.05, 4.69) is 16.3 Å². The molecule has 0 spiro atoms. The van der Waals surface area contributed by atoms with Gasteiger partial charge in [-0.3, -0.25) is 4.90 Å². The number of rotatable bonds is 2. The van der Waals surface area contributed by atoms with Crippen LogP contribution in [-0.2, 0) is 0 Å². The molecule has 1 aliphatic rings. The second-order valence-electron chi connectivity index (χ2n) is 3.87. The first kappa shape index (κ1) is 11.4. The Morgan fingerprint density at radius 1 is 1.38 bits per heavy atom. The standard InChI is InChI=1S/C12H14ClN3/c13-11-3-1-2-10(8-11)12(9-14)16-6-4-15-5-7-16/h1-3,8,12,15H,4-7H2/t12-/m0/s1. The average molecular weight is 236 g/mol. The number of hydrogen-bond acceptors (Lipinski definition) is 3. The molecule has 0 aliphatic carbocycles. The number of nitriles is 1. The van der Waals surface area contributed by atoms with Crippen molar-refractivity contribution in [1.82, 2.24) is 10.2 Å². The molecule has 0 unspecified atom stereocenters. The Bertz CT molecular complexity index is 393. The third-order valence-corrected chi connectivity index (χ3v) is 3.04. The molecule has 0 amide bonds. The van der Waals surface area contributed by atoms with E-state index in [0.717, 1.165) is 31.7 Å². The summed E-state index contributed by atoms with van der Waals surface area (Å²) in [5.74, 6) is 0. The number of benzene rings is 1. The number of nitrogens with zero attached hydrogens (tertiary/aromatic N) is 2. The van der Waals surface area contributed by atoms with Gasteiger partial charge in [-0.05, 0) is 17.7 Å². The van der Waals surface area contributed by atoms with Crippen molar-refractivity contribution in [3.05, 3.63) is 34.9 Å². The van der Waals surface area contributed by atoms with Crippen molar-refractivity contribution in [1.29, 1.82) is 5.26 Å². The first-order chi connectivity index (χ1) is 7.81. The second kappa shape index (κ2) is 5.31. The maximum Gasteiger partial charge on any atom is 0.123 e. The summed E-state index contributed by atoms with van der Waals surface area (Å²) >= 11 is 5.94. The Labute approximate surface area is 101 Å². The molecule has 1 atom stereocenters. The average Bonchev–Trinajstić information content (AvgIpc) is 2.31. The molecule has 1 aromatic rings. The molecule has 1 N–H and O–H groups in total. The van der Waals surface area contributed by atoms with Crippen LogP contribution in [0.2, 0.25) is 5.02 Å². The van der Waals surface area contributed by atoms with Crippen LogP contribution in [0.1, 0.15) is 11.6 Å². The van der Waals surface area contributed by atoms with Crippen LogP contribution in [0.15, 0.2) is 24.3 Å². The maximum absolute atomic E-state index is 9.27. The van der Waals surface area contributed by atoms with Crippen molar-refractivity contribution < 1.29 is 0 Å². The third-order valence-electron chi connectivity index (χ3n) is 2.80. The third kappa shape index (κ3) is 2.53. The molecule has 0 saturated carbocycles. The summed E-state index contributed by atoms with van der Waals surface area (Å²) in [5.41, 5.74) is 0.983. The first-order valence-corrected chi connectivity index (χ1v) is 5.79. The number of halogens is 1. The highest BCUT2D eigenvalue weighted by Crippen LogP contribution is 2.22. The quantitative estimate of drug-likeness (QED) is 0.850. The van der Waals surface area contributed by atoms with Gasteiger partial charge in [0.1, 0.15) is 6.04 Å². The smallest absolute Gasteiger partial charge is 0.123 e. The predicted molar refractivity (Wildman–Crippen MR) is 64.2 cm³/mol. The minimum atomic E-state index is -0.180. The largest absolute Gasteiger partial charge is 0.314 e. The van der Waals surface area contributed by atoms with Gasteiger partial charge in [0, 0.05) is 31.2 Å². The summed E-state index contributed by atoms with van der Waals surface area (Å²) in [7, 11) is 0. The van der Waals surface area contributed by atoms with Crippen LogP contribution in [0.4, 0.5) is 0 Å².